The number of hydrogen-bond donors (Lipinski definition) is 2. The van der Waals surface area contributed by atoms with E-state index in [-0.39, 0.29) is 11.8 Å². The van der Waals surface area contributed by atoms with E-state index in [4.69, 9.17) is 4.74 Å². The van der Waals surface area contributed by atoms with Crippen molar-refractivity contribution < 1.29 is 14.3 Å². The molecule has 0 spiro atoms. The number of carbonyl (C=O) groups is 2. The topological polar surface area (TPSA) is 85.2 Å². The summed E-state index contributed by atoms with van der Waals surface area (Å²) in [6.07, 6.45) is 2.63. The van der Waals surface area contributed by atoms with Crippen molar-refractivity contribution in [2.75, 3.05) is 17.2 Å². The van der Waals surface area contributed by atoms with Crippen LogP contribution in [0.3, 0.4) is 0 Å². The van der Waals surface area contributed by atoms with Gasteiger partial charge in [-0.2, -0.15) is 5.10 Å². The second-order valence-corrected chi connectivity index (χ2v) is 7.72. The average Bonchev–Trinajstić information content (AvgIpc) is 3.17. The minimum atomic E-state index is -0.530. The maximum absolute atomic E-state index is 12.5. The summed E-state index contributed by atoms with van der Waals surface area (Å²) in [5, 5.41) is 9.69. The van der Waals surface area contributed by atoms with E-state index < -0.39 is 6.09 Å². The molecule has 0 atom stereocenters. The fourth-order valence-corrected chi connectivity index (χ4v) is 2.71. The van der Waals surface area contributed by atoms with Gasteiger partial charge in [0.05, 0.1) is 24.1 Å². The molecular weight excluding hydrogens is 436 g/mol. The van der Waals surface area contributed by atoms with Crippen molar-refractivity contribution in [2.45, 2.75) is 13.8 Å². The number of amides is 2. The predicted octanol–water partition coefficient (Wildman–Crippen LogP) is 5.09. The van der Waals surface area contributed by atoms with E-state index in [0.717, 1.165) is 10.2 Å². The van der Waals surface area contributed by atoms with Gasteiger partial charge in [0.2, 0.25) is 0 Å². The zero-order valence-electron chi connectivity index (χ0n) is 16.1. The van der Waals surface area contributed by atoms with Gasteiger partial charge in [0.25, 0.3) is 5.91 Å². The highest BCUT2D eigenvalue weighted by Gasteiger charge is 2.11. The lowest BCUT2D eigenvalue weighted by Crippen LogP contribution is -2.17. The molecule has 29 heavy (non-hydrogen) atoms. The van der Waals surface area contributed by atoms with Gasteiger partial charge in [0.15, 0.2) is 0 Å². The molecule has 1 heterocycles. The molecule has 0 fully saturated rings. The zero-order chi connectivity index (χ0) is 20.8. The van der Waals surface area contributed by atoms with Crippen molar-refractivity contribution in [1.82, 2.24) is 9.78 Å². The summed E-state index contributed by atoms with van der Waals surface area (Å²) in [5.41, 5.74) is 2.34. The van der Waals surface area contributed by atoms with Crippen molar-refractivity contribution in [1.29, 1.82) is 0 Å². The Bertz CT molecular complexity index is 999. The quantitative estimate of drug-likeness (QED) is 0.540. The lowest BCUT2D eigenvalue weighted by atomic mass is 10.2. The number of rotatable bonds is 6. The van der Waals surface area contributed by atoms with E-state index in [1.807, 2.05) is 38.1 Å². The smallest absolute Gasteiger partial charge is 0.411 e. The minimum absolute atomic E-state index is 0.254. The van der Waals surface area contributed by atoms with Gasteiger partial charge in [-0.05, 0) is 48.4 Å². The Hall–Kier alpha value is -3.13. The van der Waals surface area contributed by atoms with Crippen LogP contribution in [0.1, 0.15) is 24.2 Å². The number of benzene rings is 2. The number of carbonyl (C=O) groups excluding carboxylic acids is 2. The van der Waals surface area contributed by atoms with E-state index >= 15 is 0 Å². The van der Waals surface area contributed by atoms with E-state index in [1.165, 1.54) is 6.20 Å². The third kappa shape index (κ3) is 5.92. The molecule has 150 valence electrons. The molecule has 2 aromatic carbocycles. The molecule has 0 aliphatic rings. The van der Waals surface area contributed by atoms with Crippen molar-refractivity contribution >= 4 is 39.3 Å². The van der Waals surface area contributed by atoms with Crippen molar-refractivity contribution in [3.05, 3.63) is 71.0 Å². The SMILES string of the molecule is CC(C)COC(=O)Nc1cccc(NC(=O)c2cnn(-c3ccc(Br)cc3)c2)c1. The number of ether oxygens (including phenoxy) is 1. The summed E-state index contributed by atoms with van der Waals surface area (Å²) in [5.74, 6) is -0.0439. The van der Waals surface area contributed by atoms with Crippen molar-refractivity contribution in [2.24, 2.45) is 5.92 Å². The standard InChI is InChI=1S/C21H21BrN4O3/c1-14(2)13-29-21(28)25-18-5-3-4-17(10-18)24-20(27)15-11-23-26(12-15)19-8-6-16(22)7-9-19/h3-12,14H,13H2,1-2H3,(H,24,27)(H,25,28). The van der Waals surface area contributed by atoms with Crippen LogP contribution in [0.15, 0.2) is 65.4 Å². The molecule has 0 aliphatic carbocycles. The molecule has 7 nitrogen and oxygen atoms in total. The minimum Gasteiger partial charge on any atom is -0.449 e. The fraction of sp³-hybridized carbons (Fsp3) is 0.190. The Morgan fingerprint density at radius 1 is 1.10 bits per heavy atom. The summed E-state index contributed by atoms with van der Waals surface area (Å²) < 4.78 is 7.69. The summed E-state index contributed by atoms with van der Waals surface area (Å²) in [6.45, 7) is 4.26. The molecule has 0 saturated heterocycles. The van der Waals surface area contributed by atoms with Crippen LogP contribution in [-0.4, -0.2) is 28.4 Å². The summed E-state index contributed by atoms with van der Waals surface area (Å²) in [4.78, 5) is 24.3. The molecule has 3 aromatic rings. The van der Waals surface area contributed by atoms with Crippen LogP contribution in [0.5, 0.6) is 0 Å². The van der Waals surface area contributed by atoms with E-state index in [9.17, 15) is 9.59 Å². The Labute approximate surface area is 177 Å². The number of aromatic nitrogens is 2. The van der Waals surface area contributed by atoms with Crippen molar-refractivity contribution in [3.8, 4) is 5.69 Å². The first-order valence-corrected chi connectivity index (χ1v) is 9.86. The molecule has 0 unspecified atom stereocenters. The lowest BCUT2D eigenvalue weighted by Gasteiger charge is -2.10. The highest BCUT2D eigenvalue weighted by atomic mass is 79.9. The van der Waals surface area contributed by atoms with Gasteiger partial charge >= 0.3 is 6.09 Å². The third-order valence-corrected chi connectivity index (χ3v) is 4.38. The second-order valence-electron chi connectivity index (χ2n) is 6.80. The average molecular weight is 457 g/mol. The number of halogens is 1. The van der Waals surface area contributed by atoms with Crippen LogP contribution in [-0.2, 0) is 4.74 Å². The third-order valence-electron chi connectivity index (χ3n) is 3.85. The zero-order valence-corrected chi connectivity index (χ0v) is 17.6. The van der Waals surface area contributed by atoms with Crippen LogP contribution >= 0.6 is 15.9 Å². The Kier molecular flexibility index (Phi) is 6.66. The van der Waals surface area contributed by atoms with Gasteiger partial charge in [0, 0.05) is 22.0 Å². The van der Waals surface area contributed by atoms with Crippen LogP contribution in [0.4, 0.5) is 16.2 Å². The second kappa shape index (κ2) is 9.38. The molecule has 0 radical (unpaired) electrons. The molecule has 0 bridgehead atoms. The van der Waals surface area contributed by atoms with Crippen LogP contribution in [0, 0.1) is 5.92 Å². The lowest BCUT2D eigenvalue weighted by molar-refractivity contribution is 0.102. The van der Waals surface area contributed by atoms with Crippen LogP contribution in [0.25, 0.3) is 5.69 Å². The molecule has 0 saturated carbocycles. The molecule has 0 aliphatic heterocycles. The van der Waals surface area contributed by atoms with Gasteiger partial charge < -0.3 is 10.1 Å². The summed E-state index contributed by atoms with van der Waals surface area (Å²) in [6, 6.07) is 14.5. The number of nitrogens with zero attached hydrogens (tertiary/aromatic N) is 2. The molecule has 3 rings (SSSR count). The molecular formula is C21H21BrN4O3. The summed E-state index contributed by atoms with van der Waals surface area (Å²) in [7, 11) is 0. The molecule has 2 amide bonds. The summed E-state index contributed by atoms with van der Waals surface area (Å²) >= 11 is 3.39. The normalized spacial score (nSPS) is 10.6. The van der Waals surface area contributed by atoms with Gasteiger partial charge in [-0.25, -0.2) is 9.48 Å². The highest BCUT2D eigenvalue weighted by Crippen LogP contribution is 2.18. The maximum atomic E-state index is 12.5. The van der Waals surface area contributed by atoms with E-state index in [0.29, 0.717) is 23.5 Å². The number of nitrogens with one attached hydrogen (secondary N) is 2. The van der Waals surface area contributed by atoms with E-state index in [2.05, 4.69) is 31.7 Å². The van der Waals surface area contributed by atoms with E-state index in [1.54, 1.807) is 35.1 Å². The highest BCUT2D eigenvalue weighted by molar-refractivity contribution is 9.10. The van der Waals surface area contributed by atoms with Gasteiger partial charge in [0.1, 0.15) is 0 Å². The molecule has 1 aromatic heterocycles. The first-order chi connectivity index (χ1) is 13.9. The Morgan fingerprint density at radius 3 is 2.48 bits per heavy atom. The van der Waals surface area contributed by atoms with Crippen LogP contribution in [0.2, 0.25) is 0 Å². The van der Waals surface area contributed by atoms with Crippen molar-refractivity contribution in [3.63, 3.8) is 0 Å². The van der Waals surface area contributed by atoms with Gasteiger partial charge in [-0.3, -0.25) is 10.1 Å². The largest absolute Gasteiger partial charge is 0.449 e. The first kappa shape index (κ1) is 20.6. The monoisotopic (exact) mass is 456 g/mol. The Morgan fingerprint density at radius 2 is 1.79 bits per heavy atom. The maximum Gasteiger partial charge on any atom is 0.411 e. The van der Waals surface area contributed by atoms with Crippen LogP contribution < -0.4 is 10.6 Å². The fourth-order valence-electron chi connectivity index (χ4n) is 2.45. The predicted molar refractivity (Wildman–Crippen MR) is 115 cm³/mol. The van der Waals surface area contributed by atoms with Gasteiger partial charge in [-0.1, -0.05) is 35.8 Å². The Balaban J connectivity index is 1.63. The first-order valence-electron chi connectivity index (χ1n) is 9.06. The molecule has 2 N–H and O–H groups in total. The molecule has 8 heteroatoms. The number of anilines is 2. The number of hydrogen-bond acceptors (Lipinski definition) is 4. The van der Waals surface area contributed by atoms with Gasteiger partial charge in [-0.15, -0.1) is 0 Å².